The van der Waals surface area contributed by atoms with Gasteiger partial charge in [0.1, 0.15) is 0 Å². The van der Waals surface area contributed by atoms with Crippen LogP contribution in [-0.4, -0.2) is 26.2 Å². The summed E-state index contributed by atoms with van der Waals surface area (Å²) >= 11 is 0. The van der Waals surface area contributed by atoms with Gasteiger partial charge in [-0.2, -0.15) is 8.42 Å². The minimum absolute atomic E-state index is 0.0547. The first kappa shape index (κ1) is 15.2. The van der Waals surface area contributed by atoms with Gasteiger partial charge >= 0.3 is 0 Å². The van der Waals surface area contributed by atoms with E-state index in [4.69, 9.17) is 4.18 Å². The van der Waals surface area contributed by atoms with Crippen LogP contribution < -0.4 is 0 Å². The molecule has 0 saturated carbocycles. The fourth-order valence-corrected chi connectivity index (χ4v) is 3.18. The molecule has 0 unspecified atom stereocenters. The van der Waals surface area contributed by atoms with E-state index in [-0.39, 0.29) is 11.5 Å². The highest BCUT2D eigenvalue weighted by atomic mass is 32.2. The number of hydrogen-bond acceptors (Lipinski definition) is 4. The summed E-state index contributed by atoms with van der Waals surface area (Å²) in [5, 5.41) is 10.0. The van der Waals surface area contributed by atoms with E-state index in [9.17, 15) is 13.5 Å². The molecule has 0 radical (unpaired) electrons. The first-order valence-electron chi connectivity index (χ1n) is 6.65. The summed E-state index contributed by atoms with van der Waals surface area (Å²) in [6.07, 6.45) is 4.64. The molecule has 1 aliphatic rings. The first-order chi connectivity index (χ1) is 9.33. The smallest absolute Gasteiger partial charge is 0.297 e. The van der Waals surface area contributed by atoms with Crippen molar-refractivity contribution in [1.29, 1.82) is 0 Å². The van der Waals surface area contributed by atoms with Crippen molar-refractivity contribution in [2.45, 2.75) is 37.7 Å². The van der Waals surface area contributed by atoms with Crippen molar-refractivity contribution in [3.63, 3.8) is 0 Å². The SMILES string of the molecule is Cc1ccc(S(=O)(=O)OC[C@]2(C)C=CCC[C@@H]2O)cc1. The van der Waals surface area contributed by atoms with E-state index < -0.39 is 21.6 Å². The summed E-state index contributed by atoms with van der Waals surface area (Å²) in [6, 6.07) is 6.51. The number of benzene rings is 1. The Hall–Kier alpha value is -1.17. The highest BCUT2D eigenvalue weighted by Crippen LogP contribution is 2.32. The van der Waals surface area contributed by atoms with Crippen molar-refractivity contribution < 1.29 is 17.7 Å². The number of hydrogen-bond donors (Lipinski definition) is 1. The molecule has 110 valence electrons. The number of aryl methyl sites for hydroxylation is 1. The van der Waals surface area contributed by atoms with Crippen molar-refractivity contribution in [1.82, 2.24) is 0 Å². The van der Waals surface area contributed by atoms with E-state index in [1.807, 2.05) is 19.1 Å². The molecule has 2 rings (SSSR count). The summed E-state index contributed by atoms with van der Waals surface area (Å²) in [6.45, 7) is 3.64. The Bertz CT molecular complexity index is 589. The topological polar surface area (TPSA) is 63.6 Å². The average molecular weight is 296 g/mol. The minimum Gasteiger partial charge on any atom is -0.392 e. The number of aliphatic hydroxyl groups excluding tert-OH is 1. The second kappa shape index (κ2) is 5.68. The predicted molar refractivity (Wildman–Crippen MR) is 76.8 cm³/mol. The summed E-state index contributed by atoms with van der Waals surface area (Å²) < 4.78 is 29.3. The van der Waals surface area contributed by atoms with Crippen molar-refractivity contribution in [3.05, 3.63) is 42.0 Å². The van der Waals surface area contributed by atoms with Crippen LogP contribution in [0.1, 0.15) is 25.3 Å². The molecule has 2 atom stereocenters. The van der Waals surface area contributed by atoms with Crippen LogP contribution in [0.3, 0.4) is 0 Å². The molecule has 1 aliphatic carbocycles. The molecule has 1 aromatic rings. The van der Waals surface area contributed by atoms with Gasteiger partial charge in [-0.1, -0.05) is 36.8 Å². The first-order valence-corrected chi connectivity index (χ1v) is 8.06. The minimum atomic E-state index is -3.78. The molecule has 0 amide bonds. The molecular formula is C15H20O4S. The number of rotatable bonds is 4. The Morgan fingerprint density at radius 2 is 2.00 bits per heavy atom. The van der Waals surface area contributed by atoms with E-state index in [2.05, 4.69) is 0 Å². The molecule has 1 N–H and O–H groups in total. The van der Waals surface area contributed by atoms with Crippen LogP contribution in [0.25, 0.3) is 0 Å². The molecule has 0 bridgehead atoms. The Morgan fingerprint density at radius 1 is 1.35 bits per heavy atom. The molecule has 4 nitrogen and oxygen atoms in total. The molecule has 0 heterocycles. The third-order valence-electron chi connectivity index (χ3n) is 3.70. The summed E-state index contributed by atoms with van der Waals surface area (Å²) in [7, 11) is -3.78. The van der Waals surface area contributed by atoms with E-state index in [0.29, 0.717) is 6.42 Å². The van der Waals surface area contributed by atoms with Gasteiger partial charge in [-0.25, -0.2) is 0 Å². The van der Waals surface area contributed by atoms with Crippen LogP contribution >= 0.6 is 0 Å². The van der Waals surface area contributed by atoms with Gasteiger partial charge < -0.3 is 5.11 Å². The Balaban J connectivity index is 2.11. The standard InChI is InChI=1S/C15H20O4S/c1-12-6-8-13(9-7-12)20(17,18)19-11-15(2)10-4-3-5-14(15)16/h4,6-10,14,16H,3,5,11H2,1-2H3/t14-,15-/m0/s1. The Morgan fingerprint density at radius 3 is 2.60 bits per heavy atom. The highest BCUT2D eigenvalue weighted by Gasteiger charge is 2.34. The van der Waals surface area contributed by atoms with Gasteiger partial charge in [0.25, 0.3) is 10.1 Å². The fourth-order valence-electron chi connectivity index (χ4n) is 2.17. The van der Waals surface area contributed by atoms with Gasteiger partial charge in [-0.15, -0.1) is 0 Å². The Labute approximate surface area is 120 Å². The maximum atomic E-state index is 12.1. The van der Waals surface area contributed by atoms with Gasteiger partial charge in [0.15, 0.2) is 0 Å². The fraction of sp³-hybridized carbons (Fsp3) is 0.467. The molecular weight excluding hydrogens is 276 g/mol. The second-order valence-corrected chi connectivity index (χ2v) is 7.15. The molecule has 20 heavy (non-hydrogen) atoms. The van der Waals surface area contributed by atoms with E-state index in [1.54, 1.807) is 19.1 Å². The lowest BCUT2D eigenvalue weighted by Crippen LogP contribution is -2.37. The lowest BCUT2D eigenvalue weighted by atomic mass is 9.79. The lowest BCUT2D eigenvalue weighted by Gasteiger charge is -2.33. The third kappa shape index (κ3) is 3.29. The summed E-state index contributed by atoms with van der Waals surface area (Å²) in [5.74, 6) is 0. The molecule has 1 aromatic carbocycles. The van der Waals surface area contributed by atoms with Crippen LogP contribution in [0.4, 0.5) is 0 Å². The highest BCUT2D eigenvalue weighted by molar-refractivity contribution is 7.86. The molecule has 0 saturated heterocycles. The van der Waals surface area contributed by atoms with Crippen LogP contribution in [-0.2, 0) is 14.3 Å². The maximum absolute atomic E-state index is 12.1. The van der Waals surface area contributed by atoms with Gasteiger partial charge in [0.2, 0.25) is 0 Å². The van der Waals surface area contributed by atoms with Gasteiger partial charge in [-0.3, -0.25) is 4.18 Å². The van der Waals surface area contributed by atoms with Crippen molar-refractivity contribution >= 4 is 10.1 Å². The second-order valence-electron chi connectivity index (χ2n) is 5.53. The van der Waals surface area contributed by atoms with Gasteiger partial charge in [-0.05, 0) is 31.9 Å². The van der Waals surface area contributed by atoms with E-state index in [0.717, 1.165) is 12.0 Å². The zero-order chi connectivity index (χ0) is 14.8. The summed E-state index contributed by atoms with van der Waals surface area (Å²) in [4.78, 5) is 0.140. The average Bonchev–Trinajstić information content (AvgIpc) is 2.41. The Kier molecular flexibility index (Phi) is 4.32. The number of allylic oxidation sites excluding steroid dienone is 1. The molecule has 0 fully saturated rings. The molecule has 0 aliphatic heterocycles. The maximum Gasteiger partial charge on any atom is 0.297 e. The molecule has 5 heteroatoms. The third-order valence-corrected chi connectivity index (χ3v) is 4.98. The largest absolute Gasteiger partial charge is 0.392 e. The summed E-state index contributed by atoms with van der Waals surface area (Å²) in [5.41, 5.74) is 0.331. The van der Waals surface area contributed by atoms with Crippen LogP contribution in [0, 0.1) is 12.3 Å². The monoisotopic (exact) mass is 296 g/mol. The zero-order valence-electron chi connectivity index (χ0n) is 11.7. The van der Waals surface area contributed by atoms with Crippen molar-refractivity contribution in [2.75, 3.05) is 6.61 Å². The molecule has 0 spiro atoms. The van der Waals surface area contributed by atoms with Crippen molar-refractivity contribution in [2.24, 2.45) is 5.41 Å². The quantitative estimate of drug-likeness (QED) is 0.684. The zero-order valence-corrected chi connectivity index (χ0v) is 12.6. The normalized spacial score (nSPS) is 26.6. The van der Waals surface area contributed by atoms with Crippen LogP contribution in [0.2, 0.25) is 0 Å². The van der Waals surface area contributed by atoms with Crippen molar-refractivity contribution in [3.8, 4) is 0 Å². The van der Waals surface area contributed by atoms with Gasteiger partial charge in [0, 0.05) is 5.41 Å². The number of aliphatic hydroxyl groups is 1. The van der Waals surface area contributed by atoms with E-state index in [1.165, 1.54) is 12.1 Å². The van der Waals surface area contributed by atoms with Crippen LogP contribution in [0.15, 0.2) is 41.3 Å². The lowest BCUT2D eigenvalue weighted by molar-refractivity contribution is 0.0268. The van der Waals surface area contributed by atoms with Gasteiger partial charge in [0.05, 0.1) is 17.6 Å². The molecule has 0 aromatic heterocycles. The van der Waals surface area contributed by atoms with E-state index >= 15 is 0 Å². The predicted octanol–water partition coefficient (Wildman–Crippen LogP) is 2.42. The van der Waals surface area contributed by atoms with Crippen LogP contribution in [0.5, 0.6) is 0 Å².